The number of nitrogens with zero attached hydrogens (tertiary/aromatic N) is 2. The molecule has 0 amide bonds. The Morgan fingerprint density at radius 2 is 1.91 bits per heavy atom. The van der Waals surface area contributed by atoms with Gasteiger partial charge in [-0.3, -0.25) is 9.78 Å². The first-order chi connectivity index (χ1) is 15.8. The SMILES string of the molecule is O=C(CC1CCS(=O)(=O)C1)c1ccc2c(-c3cc(Cl)ccn3)cn(-c3ccc(F)cc3)c2c1. The van der Waals surface area contributed by atoms with E-state index in [0.717, 1.165) is 22.2 Å². The molecule has 1 unspecified atom stereocenters. The molecule has 2 aromatic carbocycles. The summed E-state index contributed by atoms with van der Waals surface area (Å²) in [5, 5.41) is 1.43. The van der Waals surface area contributed by atoms with Crippen LogP contribution in [0.4, 0.5) is 4.39 Å². The van der Waals surface area contributed by atoms with E-state index in [9.17, 15) is 17.6 Å². The predicted octanol–water partition coefficient (Wildman–Crippen LogP) is 5.49. The maximum Gasteiger partial charge on any atom is 0.163 e. The summed E-state index contributed by atoms with van der Waals surface area (Å²) in [6.07, 6.45) is 4.25. The third-order valence-corrected chi connectivity index (χ3v) is 8.10. The molecule has 0 bridgehead atoms. The van der Waals surface area contributed by atoms with E-state index in [1.807, 2.05) is 16.8 Å². The Morgan fingerprint density at radius 3 is 2.61 bits per heavy atom. The Bertz CT molecular complexity index is 1480. The highest BCUT2D eigenvalue weighted by Gasteiger charge is 2.29. The quantitative estimate of drug-likeness (QED) is 0.352. The fourth-order valence-corrected chi connectivity index (χ4v) is 6.41. The van der Waals surface area contributed by atoms with Gasteiger partial charge < -0.3 is 4.57 Å². The molecule has 3 heterocycles. The van der Waals surface area contributed by atoms with Gasteiger partial charge in [0.15, 0.2) is 15.6 Å². The molecule has 0 N–H and O–H groups in total. The molecule has 1 atom stereocenters. The lowest BCUT2D eigenvalue weighted by Gasteiger charge is -2.09. The van der Waals surface area contributed by atoms with Crippen LogP contribution in [0, 0.1) is 11.7 Å². The van der Waals surface area contributed by atoms with Gasteiger partial charge in [0, 0.05) is 46.0 Å². The topological polar surface area (TPSA) is 69.0 Å². The summed E-state index contributed by atoms with van der Waals surface area (Å²) >= 11 is 6.18. The number of fused-ring (bicyclic) bond motifs is 1. The maximum atomic E-state index is 13.5. The summed E-state index contributed by atoms with van der Waals surface area (Å²) in [5.74, 6) is -0.360. The van der Waals surface area contributed by atoms with Crippen LogP contribution in [0.3, 0.4) is 0 Å². The lowest BCUT2D eigenvalue weighted by atomic mass is 9.97. The van der Waals surface area contributed by atoms with Crippen molar-refractivity contribution >= 4 is 38.1 Å². The van der Waals surface area contributed by atoms with E-state index < -0.39 is 9.84 Å². The zero-order valence-corrected chi connectivity index (χ0v) is 19.1. The summed E-state index contributed by atoms with van der Waals surface area (Å²) in [6.45, 7) is 0. The number of aromatic nitrogens is 2. The van der Waals surface area contributed by atoms with Crippen LogP contribution in [0.2, 0.25) is 5.02 Å². The van der Waals surface area contributed by atoms with Gasteiger partial charge in [0.25, 0.3) is 0 Å². The van der Waals surface area contributed by atoms with Crippen LogP contribution in [0.15, 0.2) is 67.0 Å². The zero-order valence-electron chi connectivity index (χ0n) is 17.5. The number of sulfone groups is 1. The number of halogens is 2. The largest absolute Gasteiger partial charge is 0.316 e. The van der Waals surface area contributed by atoms with Crippen molar-refractivity contribution in [2.75, 3.05) is 11.5 Å². The van der Waals surface area contributed by atoms with Crippen molar-refractivity contribution in [2.24, 2.45) is 5.92 Å². The second kappa shape index (κ2) is 8.39. The first-order valence-corrected chi connectivity index (χ1v) is 12.8. The predicted molar refractivity (Wildman–Crippen MR) is 127 cm³/mol. The Kier molecular flexibility index (Phi) is 5.54. The molecule has 5 nitrogen and oxygen atoms in total. The smallest absolute Gasteiger partial charge is 0.163 e. The number of rotatable bonds is 5. The molecular weight excluding hydrogens is 463 g/mol. The molecule has 1 fully saturated rings. The van der Waals surface area contributed by atoms with E-state index in [4.69, 9.17) is 11.6 Å². The molecule has 0 spiro atoms. The first-order valence-electron chi connectivity index (χ1n) is 10.6. The van der Waals surface area contributed by atoms with Crippen molar-refractivity contribution in [1.29, 1.82) is 0 Å². The minimum atomic E-state index is -3.04. The number of pyridine rings is 1. The molecule has 1 aliphatic heterocycles. The molecule has 0 radical (unpaired) electrons. The Balaban J connectivity index is 1.59. The van der Waals surface area contributed by atoms with Crippen LogP contribution in [-0.4, -0.2) is 35.3 Å². The zero-order chi connectivity index (χ0) is 23.2. The van der Waals surface area contributed by atoms with Crippen LogP contribution in [-0.2, 0) is 9.84 Å². The highest BCUT2D eigenvalue weighted by atomic mass is 35.5. The van der Waals surface area contributed by atoms with Gasteiger partial charge in [-0.05, 0) is 54.8 Å². The number of carbonyl (C=O) groups excluding carboxylic acids is 1. The summed E-state index contributed by atoms with van der Waals surface area (Å²) in [7, 11) is -3.04. The summed E-state index contributed by atoms with van der Waals surface area (Å²) in [4.78, 5) is 17.4. The van der Waals surface area contributed by atoms with E-state index in [1.54, 1.807) is 42.6 Å². The van der Waals surface area contributed by atoms with Crippen LogP contribution in [0.5, 0.6) is 0 Å². The Hall–Kier alpha value is -3.03. The monoisotopic (exact) mass is 482 g/mol. The van der Waals surface area contributed by atoms with Gasteiger partial charge in [0.1, 0.15) is 5.82 Å². The van der Waals surface area contributed by atoms with Gasteiger partial charge in [0.2, 0.25) is 0 Å². The summed E-state index contributed by atoms with van der Waals surface area (Å²) in [5.41, 5.74) is 3.53. The van der Waals surface area contributed by atoms with Gasteiger partial charge in [-0.15, -0.1) is 0 Å². The molecule has 0 saturated carbocycles. The first kappa shape index (κ1) is 21.8. The number of Topliss-reactive ketones (excluding diaryl/α,β-unsaturated/α-hetero) is 1. The minimum Gasteiger partial charge on any atom is -0.316 e. The average molecular weight is 483 g/mol. The fourth-order valence-electron chi connectivity index (χ4n) is 4.38. The van der Waals surface area contributed by atoms with Crippen molar-refractivity contribution in [1.82, 2.24) is 9.55 Å². The van der Waals surface area contributed by atoms with E-state index in [2.05, 4.69) is 4.98 Å². The van der Waals surface area contributed by atoms with Gasteiger partial charge >= 0.3 is 0 Å². The normalized spacial score (nSPS) is 17.5. The third kappa shape index (κ3) is 4.43. The average Bonchev–Trinajstić information content (AvgIpc) is 3.33. The van der Waals surface area contributed by atoms with Crippen molar-refractivity contribution in [2.45, 2.75) is 12.8 Å². The number of hydrogen-bond acceptors (Lipinski definition) is 4. The van der Waals surface area contributed by atoms with E-state index in [0.29, 0.717) is 22.7 Å². The molecule has 1 aliphatic rings. The number of ketones is 1. The van der Waals surface area contributed by atoms with Crippen molar-refractivity contribution in [3.63, 3.8) is 0 Å². The minimum absolute atomic E-state index is 0.0670. The van der Waals surface area contributed by atoms with Crippen molar-refractivity contribution in [3.05, 3.63) is 83.4 Å². The standard InChI is InChI=1S/C25H20ClFN2O3S/c26-18-7-9-28-23(13-18)22-14-29(20-4-2-19(27)3-5-20)24-12-17(1-6-21(22)24)25(30)11-16-8-10-33(31,32)15-16/h1-7,9,12-14,16H,8,10-11,15H2. The van der Waals surface area contributed by atoms with Gasteiger partial charge in [-0.1, -0.05) is 23.7 Å². The van der Waals surface area contributed by atoms with E-state index in [1.165, 1.54) is 12.1 Å². The van der Waals surface area contributed by atoms with E-state index >= 15 is 0 Å². The molecule has 5 rings (SSSR count). The van der Waals surface area contributed by atoms with E-state index in [-0.39, 0.29) is 35.4 Å². The Labute approximate surface area is 195 Å². The molecule has 8 heteroatoms. The number of benzene rings is 2. The molecule has 168 valence electrons. The maximum absolute atomic E-state index is 13.5. The van der Waals surface area contributed by atoms with Crippen LogP contribution < -0.4 is 0 Å². The molecule has 4 aromatic rings. The second-order valence-electron chi connectivity index (χ2n) is 8.38. The number of carbonyl (C=O) groups is 1. The van der Waals surface area contributed by atoms with Gasteiger partial charge in [0.05, 0.1) is 22.7 Å². The highest BCUT2D eigenvalue weighted by Crippen LogP contribution is 2.34. The van der Waals surface area contributed by atoms with Crippen LogP contribution in [0.1, 0.15) is 23.2 Å². The highest BCUT2D eigenvalue weighted by molar-refractivity contribution is 7.91. The molecule has 0 aliphatic carbocycles. The summed E-state index contributed by atoms with van der Waals surface area (Å²) < 4.78 is 38.9. The lowest BCUT2D eigenvalue weighted by Crippen LogP contribution is -2.10. The molecule has 33 heavy (non-hydrogen) atoms. The lowest BCUT2D eigenvalue weighted by molar-refractivity contribution is 0.0966. The molecule has 1 saturated heterocycles. The van der Waals surface area contributed by atoms with Gasteiger partial charge in [-0.2, -0.15) is 0 Å². The number of hydrogen-bond donors (Lipinski definition) is 0. The fraction of sp³-hybridized carbons (Fsp3) is 0.200. The third-order valence-electron chi connectivity index (χ3n) is 6.03. The van der Waals surface area contributed by atoms with Crippen molar-refractivity contribution < 1.29 is 17.6 Å². The second-order valence-corrected chi connectivity index (χ2v) is 11.0. The van der Waals surface area contributed by atoms with Crippen LogP contribution in [0.25, 0.3) is 27.8 Å². The summed E-state index contributed by atoms with van der Waals surface area (Å²) in [6, 6.07) is 15.0. The molecular formula is C25H20ClFN2O3S. The van der Waals surface area contributed by atoms with Gasteiger partial charge in [-0.25, -0.2) is 12.8 Å². The van der Waals surface area contributed by atoms with Crippen LogP contribution >= 0.6 is 11.6 Å². The Morgan fingerprint density at radius 1 is 1.12 bits per heavy atom. The van der Waals surface area contributed by atoms with Crippen molar-refractivity contribution in [3.8, 4) is 16.9 Å². The molecule has 2 aromatic heterocycles.